The largest absolute Gasteiger partial charge is 0.497 e. The fourth-order valence-corrected chi connectivity index (χ4v) is 2.68. The fraction of sp³-hybridized carbons (Fsp3) is 0.176. The Balaban J connectivity index is 2.03. The summed E-state index contributed by atoms with van der Waals surface area (Å²) in [6, 6.07) is 14.1. The summed E-state index contributed by atoms with van der Waals surface area (Å²) in [6.07, 6.45) is 1.67. The van der Waals surface area contributed by atoms with E-state index in [0.717, 1.165) is 33.4 Å². The third-order valence-corrected chi connectivity index (χ3v) is 3.95. The first-order valence-electron chi connectivity index (χ1n) is 6.45. The number of alkyl halides is 1. The molecule has 0 amide bonds. The number of halogens is 1. The van der Waals surface area contributed by atoms with Crippen LogP contribution >= 0.6 is 11.6 Å². The normalized spacial score (nSPS) is 12.6. The van der Waals surface area contributed by atoms with Crippen molar-refractivity contribution in [1.82, 2.24) is 0 Å². The Kier molecular flexibility index (Phi) is 3.41. The van der Waals surface area contributed by atoms with Gasteiger partial charge in [-0.25, -0.2) is 0 Å². The van der Waals surface area contributed by atoms with Crippen LogP contribution in [0.15, 0.2) is 53.1 Å². The van der Waals surface area contributed by atoms with Crippen LogP contribution in [0.3, 0.4) is 0 Å². The van der Waals surface area contributed by atoms with E-state index in [1.54, 1.807) is 13.4 Å². The molecule has 0 bridgehead atoms. The lowest BCUT2D eigenvalue weighted by atomic mass is 10.0. The van der Waals surface area contributed by atoms with Crippen molar-refractivity contribution >= 4 is 22.4 Å². The summed E-state index contributed by atoms with van der Waals surface area (Å²) < 4.78 is 10.7. The smallest absolute Gasteiger partial charge is 0.128 e. The second-order valence-electron chi connectivity index (χ2n) is 4.80. The maximum atomic E-state index is 6.52. The van der Waals surface area contributed by atoms with E-state index in [1.807, 2.05) is 37.3 Å². The number of benzene rings is 2. The van der Waals surface area contributed by atoms with Gasteiger partial charge in [-0.15, -0.1) is 11.6 Å². The third-order valence-electron chi connectivity index (χ3n) is 3.50. The molecule has 20 heavy (non-hydrogen) atoms. The second kappa shape index (κ2) is 5.22. The lowest BCUT2D eigenvalue weighted by molar-refractivity contribution is 0.415. The maximum Gasteiger partial charge on any atom is 0.128 e. The Hall–Kier alpha value is -1.93. The van der Waals surface area contributed by atoms with E-state index in [0.29, 0.717) is 0 Å². The minimum atomic E-state index is -0.267. The van der Waals surface area contributed by atoms with Gasteiger partial charge in [0.05, 0.1) is 13.4 Å². The predicted molar refractivity (Wildman–Crippen MR) is 81.6 cm³/mol. The third kappa shape index (κ3) is 2.27. The van der Waals surface area contributed by atoms with E-state index in [4.69, 9.17) is 20.8 Å². The van der Waals surface area contributed by atoms with Gasteiger partial charge >= 0.3 is 0 Å². The Morgan fingerprint density at radius 2 is 1.80 bits per heavy atom. The zero-order valence-electron chi connectivity index (χ0n) is 11.4. The van der Waals surface area contributed by atoms with Gasteiger partial charge < -0.3 is 9.15 Å². The molecule has 0 fully saturated rings. The first kappa shape index (κ1) is 13.1. The van der Waals surface area contributed by atoms with E-state index >= 15 is 0 Å². The summed E-state index contributed by atoms with van der Waals surface area (Å²) in [5.74, 6) is 1.66. The van der Waals surface area contributed by atoms with Crippen LogP contribution < -0.4 is 4.74 Å². The SMILES string of the molecule is COc1ccc2cc(C(Cl)c3occc3C)ccc2c1. The van der Waals surface area contributed by atoms with E-state index < -0.39 is 0 Å². The first-order valence-corrected chi connectivity index (χ1v) is 6.88. The number of aryl methyl sites for hydroxylation is 1. The molecule has 0 radical (unpaired) electrons. The second-order valence-corrected chi connectivity index (χ2v) is 5.24. The van der Waals surface area contributed by atoms with Crippen LogP contribution in [0.1, 0.15) is 22.3 Å². The number of methoxy groups -OCH3 is 1. The fourth-order valence-electron chi connectivity index (χ4n) is 2.32. The minimum absolute atomic E-state index is 0.267. The molecule has 0 aliphatic carbocycles. The standard InChI is InChI=1S/C17H15ClO2/c1-11-7-8-20-17(11)16(18)14-4-3-13-10-15(19-2)6-5-12(13)9-14/h3-10,16H,1-2H3. The molecule has 1 unspecified atom stereocenters. The van der Waals surface area contributed by atoms with Crippen LogP contribution in [0.25, 0.3) is 10.8 Å². The van der Waals surface area contributed by atoms with Crippen molar-refractivity contribution in [3.63, 3.8) is 0 Å². The summed E-state index contributed by atoms with van der Waals surface area (Å²) in [4.78, 5) is 0. The number of rotatable bonds is 3. The summed E-state index contributed by atoms with van der Waals surface area (Å²) in [5.41, 5.74) is 2.10. The van der Waals surface area contributed by atoms with Crippen LogP contribution in [-0.2, 0) is 0 Å². The number of furan rings is 1. The van der Waals surface area contributed by atoms with Gasteiger partial charge in [0.1, 0.15) is 16.9 Å². The highest BCUT2D eigenvalue weighted by atomic mass is 35.5. The number of hydrogen-bond acceptors (Lipinski definition) is 2. The molecule has 1 atom stereocenters. The molecule has 0 saturated heterocycles. The molecule has 3 aromatic rings. The highest BCUT2D eigenvalue weighted by Gasteiger charge is 2.16. The van der Waals surface area contributed by atoms with E-state index in [-0.39, 0.29) is 5.38 Å². The molecule has 3 rings (SSSR count). The number of hydrogen-bond donors (Lipinski definition) is 0. The highest BCUT2D eigenvalue weighted by molar-refractivity contribution is 6.22. The van der Waals surface area contributed by atoms with Gasteiger partial charge in [0.15, 0.2) is 0 Å². The first-order chi connectivity index (χ1) is 9.69. The molecule has 102 valence electrons. The topological polar surface area (TPSA) is 22.4 Å². The maximum absolute atomic E-state index is 6.52. The summed E-state index contributed by atoms with van der Waals surface area (Å²) in [7, 11) is 1.67. The average molecular weight is 287 g/mol. The minimum Gasteiger partial charge on any atom is -0.497 e. The van der Waals surface area contributed by atoms with Crippen molar-refractivity contribution in [2.75, 3.05) is 7.11 Å². The Labute approximate surface area is 122 Å². The van der Waals surface area contributed by atoms with Gasteiger partial charge in [0, 0.05) is 0 Å². The van der Waals surface area contributed by atoms with Crippen LogP contribution in [0.4, 0.5) is 0 Å². The lowest BCUT2D eigenvalue weighted by Crippen LogP contribution is -1.93. The van der Waals surface area contributed by atoms with Gasteiger partial charge in [-0.1, -0.05) is 18.2 Å². The van der Waals surface area contributed by atoms with E-state index in [9.17, 15) is 0 Å². The Bertz CT molecular complexity index is 746. The van der Waals surface area contributed by atoms with Crippen LogP contribution in [-0.4, -0.2) is 7.11 Å². The monoisotopic (exact) mass is 286 g/mol. The molecule has 2 aromatic carbocycles. The van der Waals surface area contributed by atoms with Crippen molar-refractivity contribution in [2.24, 2.45) is 0 Å². The molecule has 3 heteroatoms. The molecule has 0 spiro atoms. The van der Waals surface area contributed by atoms with Crippen molar-refractivity contribution in [1.29, 1.82) is 0 Å². The number of ether oxygens (including phenoxy) is 1. The van der Waals surface area contributed by atoms with Crippen molar-refractivity contribution in [3.8, 4) is 5.75 Å². The summed E-state index contributed by atoms with van der Waals surface area (Å²) in [5, 5.41) is 2.00. The molecular weight excluding hydrogens is 272 g/mol. The van der Waals surface area contributed by atoms with Gasteiger partial charge in [0.25, 0.3) is 0 Å². The molecule has 2 nitrogen and oxygen atoms in total. The average Bonchev–Trinajstić information content (AvgIpc) is 2.91. The summed E-state index contributed by atoms with van der Waals surface area (Å²) in [6.45, 7) is 2.00. The molecular formula is C17H15ClO2. The molecule has 0 N–H and O–H groups in total. The van der Waals surface area contributed by atoms with Gasteiger partial charge in [-0.2, -0.15) is 0 Å². The molecule has 1 heterocycles. The van der Waals surface area contributed by atoms with Crippen molar-refractivity contribution in [3.05, 3.63) is 65.6 Å². The zero-order chi connectivity index (χ0) is 14.1. The molecule has 1 aromatic heterocycles. The zero-order valence-corrected chi connectivity index (χ0v) is 12.1. The lowest BCUT2D eigenvalue weighted by Gasteiger charge is -2.10. The molecule has 0 aliphatic rings. The highest BCUT2D eigenvalue weighted by Crippen LogP contribution is 2.33. The van der Waals surface area contributed by atoms with Crippen LogP contribution in [0.2, 0.25) is 0 Å². The number of fused-ring (bicyclic) bond motifs is 1. The molecule has 0 aliphatic heterocycles. The summed E-state index contributed by atoms with van der Waals surface area (Å²) >= 11 is 6.52. The van der Waals surface area contributed by atoms with Gasteiger partial charge in [-0.05, 0) is 53.1 Å². The van der Waals surface area contributed by atoms with E-state index in [1.165, 1.54) is 0 Å². The van der Waals surface area contributed by atoms with E-state index in [2.05, 4.69) is 12.1 Å². The molecule has 0 saturated carbocycles. The van der Waals surface area contributed by atoms with Crippen LogP contribution in [0, 0.1) is 6.92 Å². The van der Waals surface area contributed by atoms with Crippen molar-refractivity contribution in [2.45, 2.75) is 12.3 Å². The quantitative estimate of drug-likeness (QED) is 0.627. The van der Waals surface area contributed by atoms with Gasteiger partial charge in [-0.3, -0.25) is 0 Å². The van der Waals surface area contributed by atoms with Crippen molar-refractivity contribution < 1.29 is 9.15 Å². The predicted octanol–water partition coefficient (Wildman–Crippen LogP) is 5.08. The Morgan fingerprint density at radius 3 is 2.50 bits per heavy atom. The van der Waals surface area contributed by atoms with Crippen LogP contribution in [0.5, 0.6) is 5.75 Å². The Morgan fingerprint density at radius 1 is 1.05 bits per heavy atom. The van der Waals surface area contributed by atoms with Gasteiger partial charge in [0.2, 0.25) is 0 Å².